The van der Waals surface area contributed by atoms with Crippen LogP contribution in [0, 0.1) is 10.1 Å². The zero-order valence-corrected chi connectivity index (χ0v) is 10.0. The number of non-ortho nitro benzene ring substituents is 1. The van der Waals surface area contributed by atoms with Crippen LogP contribution in [-0.2, 0) is 0 Å². The average Bonchev–Trinajstić information content (AvgIpc) is 2.34. The standard InChI is InChI=1S/C12H18N2O3/c1-2-8-13-9-3-10-17-12-6-4-11(5-7-12)14(15)16/h4-7,13H,2-3,8-10H2,1H3. The summed E-state index contributed by atoms with van der Waals surface area (Å²) in [5.74, 6) is 0.672. The number of rotatable bonds is 8. The summed E-state index contributed by atoms with van der Waals surface area (Å²) in [6.07, 6.45) is 2.06. The van der Waals surface area contributed by atoms with Crippen molar-refractivity contribution in [2.45, 2.75) is 19.8 Å². The predicted octanol–water partition coefficient (Wildman–Crippen LogP) is 2.36. The second kappa shape index (κ2) is 7.62. The van der Waals surface area contributed by atoms with Crippen LogP contribution in [0.5, 0.6) is 5.75 Å². The van der Waals surface area contributed by atoms with Crippen molar-refractivity contribution in [3.8, 4) is 5.75 Å². The Kier molecular flexibility index (Phi) is 6.03. The lowest BCUT2D eigenvalue weighted by Crippen LogP contribution is -2.18. The van der Waals surface area contributed by atoms with E-state index in [1.54, 1.807) is 12.1 Å². The van der Waals surface area contributed by atoms with Crippen molar-refractivity contribution in [2.24, 2.45) is 0 Å². The van der Waals surface area contributed by atoms with E-state index in [0.29, 0.717) is 12.4 Å². The van der Waals surface area contributed by atoms with Crippen LogP contribution < -0.4 is 10.1 Å². The molecule has 0 atom stereocenters. The molecule has 0 saturated carbocycles. The van der Waals surface area contributed by atoms with Gasteiger partial charge in [-0.05, 0) is 38.1 Å². The number of hydrogen-bond acceptors (Lipinski definition) is 4. The van der Waals surface area contributed by atoms with Crippen molar-refractivity contribution in [3.05, 3.63) is 34.4 Å². The molecular formula is C12H18N2O3. The first kappa shape index (κ1) is 13.4. The van der Waals surface area contributed by atoms with Gasteiger partial charge in [0, 0.05) is 12.1 Å². The Balaban J connectivity index is 2.21. The van der Waals surface area contributed by atoms with Crippen molar-refractivity contribution in [1.29, 1.82) is 0 Å². The molecule has 0 fully saturated rings. The Hall–Kier alpha value is -1.62. The van der Waals surface area contributed by atoms with Crippen LogP contribution in [0.4, 0.5) is 5.69 Å². The second-order valence-corrected chi connectivity index (χ2v) is 3.70. The van der Waals surface area contributed by atoms with Gasteiger partial charge in [0.1, 0.15) is 5.75 Å². The van der Waals surface area contributed by atoms with Gasteiger partial charge >= 0.3 is 0 Å². The number of benzene rings is 1. The van der Waals surface area contributed by atoms with E-state index in [1.165, 1.54) is 12.1 Å². The van der Waals surface area contributed by atoms with Crippen molar-refractivity contribution >= 4 is 5.69 Å². The molecule has 0 aliphatic rings. The molecule has 17 heavy (non-hydrogen) atoms. The van der Waals surface area contributed by atoms with Crippen molar-refractivity contribution in [2.75, 3.05) is 19.7 Å². The molecule has 5 heteroatoms. The third-order valence-corrected chi connectivity index (χ3v) is 2.24. The molecule has 1 N–H and O–H groups in total. The molecule has 0 radical (unpaired) electrons. The number of nitro benzene ring substituents is 1. The van der Waals surface area contributed by atoms with E-state index in [9.17, 15) is 10.1 Å². The van der Waals surface area contributed by atoms with Gasteiger partial charge in [-0.1, -0.05) is 6.92 Å². The van der Waals surface area contributed by atoms with Gasteiger partial charge in [0.05, 0.1) is 11.5 Å². The molecule has 0 aromatic heterocycles. The molecule has 0 bridgehead atoms. The molecule has 0 aliphatic carbocycles. The van der Waals surface area contributed by atoms with E-state index in [-0.39, 0.29) is 5.69 Å². The molecule has 0 spiro atoms. The SMILES string of the molecule is CCCNCCCOc1ccc([N+](=O)[O-])cc1. The van der Waals surface area contributed by atoms with Gasteiger partial charge in [-0.15, -0.1) is 0 Å². The molecule has 94 valence electrons. The summed E-state index contributed by atoms with van der Waals surface area (Å²) >= 11 is 0. The zero-order chi connectivity index (χ0) is 12.5. The Morgan fingerprint density at radius 3 is 2.59 bits per heavy atom. The summed E-state index contributed by atoms with van der Waals surface area (Å²) in [5.41, 5.74) is 0.0852. The lowest BCUT2D eigenvalue weighted by Gasteiger charge is -2.06. The number of ether oxygens (including phenoxy) is 1. The van der Waals surface area contributed by atoms with Gasteiger partial charge in [0.25, 0.3) is 5.69 Å². The fourth-order valence-electron chi connectivity index (χ4n) is 1.35. The Labute approximate surface area is 101 Å². The first-order valence-electron chi connectivity index (χ1n) is 5.82. The Bertz CT molecular complexity index is 338. The summed E-state index contributed by atoms with van der Waals surface area (Å²) in [6, 6.07) is 6.14. The summed E-state index contributed by atoms with van der Waals surface area (Å²) < 4.78 is 5.46. The molecule has 0 amide bonds. The minimum atomic E-state index is -0.418. The molecular weight excluding hydrogens is 220 g/mol. The third-order valence-electron chi connectivity index (χ3n) is 2.24. The van der Waals surface area contributed by atoms with Gasteiger partial charge in [0.15, 0.2) is 0 Å². The van der Waals surface area contributed by atoms with E-state index in [0.717, 1.165) is 25.9 Å². The highest BCUT2D eigenvalue weighted by Crippen LogP contribution is 2.17. The molecule has 0 unspecified atom stereocenters. The smallest absolute Gasteiger partial charge is 0.269 e. The maximum Gasteiger partial charge on any atom is 0.269 e. The minimum absolute atomic E-state index is 0.0852. The second-order valence-electron chi connectivity index (χ2n) is 3.70. The van der Waals surface area contributed by atoms with Crippen LogP contribution in [0.2, 0.25) is 0 Å². The maximum absolute atomic E-state index is 10.4. The number of nitrogens with one attached hydrogen (secondary N) is 1. The fourth-order valence-corrected chi connectivity index (χ4v) is 1.35. The van der Waals surface area contributed by atoms with E-state index >= 15 is 0 Å². The normalized spacial score (nSPS) is 10.2. The third kappa shape index (κ3) is 5.31. The van der Waals surface area contributed by atoms with Crippen LogP contribution in [-0.4, -0.2) is 24.6 Å². The molecule has 5 nitrogen and oxygen atoms in total. The highest BCUT2D eigenvalue weighted by Gasteiger charge is 2.03. The summed E-state index contributed by atoms with van der Waals surface area (Å²) in [7, 11) is 0. The van der Waals surface area contributed by atoms with E-state index < -0.39 is 4.92 Å². The van der Waals surface area contributed by atoms with Crippen LogP contribution in [0.1, 0.15) is 19.8 Å². The lowest BCUT2D eigenvalue weighted by atomic mass is 10.3. The largest absolute Gasteiger partial charge is 0.494 e. The lowest BCUT2D eigenvalue weighted by molar-refractivity contribution is -0.384. The molecule has 0 aliphatic heterocycles. The van der Waals surface area contributed by atoms with Gasteiger partial charge in [-0.25, -0.2) is 0 Å². The topological polar surface area (TPSA) is 64.4 Å². The van der Waals surface area contributed by atoms with E-state index in [4.69, 9.17) is 4.74 Å². The molecule has 0 heterocycles. The number of nitrogens with zero attached hydrogens (tertiary/aromatic N) is 1. The van der Waals surface area contributed by atoms with E-state index in [1.807, 2.05) is 0 Å². The quantitative estimate of drug-likeness (QED) is 0.429. The minimum Gasteiger partial charge on any atom is -0.494 e. The number of hydrogen-bond donors (Lipinski definition) is 1. The van der Waals surface area contributed by atoms with Crippen LogP contribution in [0.25, 0.3) is 0 Å². The summed E-state index contributed by atoms with van der Waals surface area (Å²) in [6.45, 7) is 4.70. The Morgan fingerprint density at radius 2 is 2.00 bits per heavy atom. The first-order valence-corrected chi connectivity index (χ1v) is 5.82. The highest BCUT2D eigenvalue weighted by molar-refractivity contribution is 5.35. The highest BCUT2D eigenvalue weighted by atomic mass is 16.6. The van der Waals surface area contributed by atoms with Crippen molar-refractivity contribution < 1.29 is 9.66 Å². The predicted molar refractivity (Wildman–Crippen MR) is 66.4 cm³/mol. The van der Waals surface area contributed by atoms with Crippen LogP contribution >= 0.6 is 0 Å². The molecule has 0 saturated heterocycles. The molecule has 1 rings (SSSR count). The Morgan fingerprint density at radius 1 is 1.29 bits per heavy atom. The summed E-state index contributed by atoms with van der Waals surface area (Å²) in [4.78, 5) is 10.0. The van der Waals surface area contributed by atoms with Crippen molar-refractivity contribution in [3.63, 3.8) is 0 Å². The fraction of sp³-hybridized carbons (Fsp3) is 0.500. The van der Waals surface area contributed by atoms with E-state index in [2.05, 4.69) is 12.2 Å². The first-order chi connectivity index (χ1) is 8.24. The van der Waals surface area contributed by atoms with Gasteiger partial charge in [-0.3, -0.25) is 10.1 Å². The maximum atomic E-state index is 10.4. The number of nitro groups is 1. The van der Waals surface area contributed by atoms with Crippen LogP contribution in [0.3, 0.4) is 0 Å². The molecule has 1 aromatic carbocycles. The van der Waals surface area contributed by atoms with Gasteiger partial charge < -0.3 is 10.1 Å². The average molecular weight is 238 g/mol. The zero-order valence-electron chi connectivity index (χ0n) is 10.0. The van der Waals surface area contributed by atoms with Gasteiger partial charge in [-0.2, -0.15) is 0 Å². The molecule has 1 aromatic rings. The van der Waals surface area contributed by atoms with Gasteiger partial charge in [0.2, 0.25) is 0 Å². The van der Waals surface area contributed by atoms with Crippen LogP contribution in [0.15, 0.2) is 24.3 Å². The monoisotopic (exact) mass is 238 g/mol. The summed E-state index contributed by atoms with van der Waals surface area (Å²) in [5, 5.41) is 13.7. The van der Waals surface area contributed by atoms with Crippen molar-refractivity contribution in [1.82, 2.24) is 5.32 Å².